The second-order valence-electron chi connectivity index (χ2n) is 6.56. The number of rotatable bonds is 5. The number of nitrogens with zero attached hydrogens (tertiary/aromatic N) is 4. The van der Waals surface area contributed by atoms with Gasteiger partial charge in [-0.05, 0) is 18.6 Å². The van der Waals surface area contributed by atoms with Crippen LogP contribution in [-0.4, -0.2) is 71.2 Å². The van der Waals surface area contributed by atoms with Crippen LogP contribution in [0.3, 0.4) is 0 Å². The number of aryl methyl sites for hydroxylation is 1. The molecular weight excluding hydrogens is 322 g/mol. The molecule has 8 heteroatoms. The van der Waals surface area contributed by atoms with Crippen LogP contribution in [-0.2, 0) is 11.2 Å². The molecule has 0 saturated carbocycles. The first-order valence-corrected chi connectivity index (χ1v) is 8.88. The van der Waals surface area contributed by atoms with Crippen LogP contribution in [0.15, 0.2) is 27.3 Å². The minimum Gasteiger partial charge on any atom is -0.461 e. The number of aromatic nitrogens is 2. The van der Waals surface area contributed by atoms with Crippen molar-refractivity contribution < 1.29 is 13.7 Å². The van der Waals surface area contributed by atoms with Crippen LogP contribution in [0.5, 0.6) is 0 Å². The van der Waals surface area contributed by atoms with E-state index >= 15 is 0 Å². The smallest absolute Gasteiger partial charge is 0.238 e. The number of hydrogen-bond acceptors (Lipinski definition) is 7. The highest BCUT2D eigenvalue weighted by molar-refractivity contribution is 5.76. The molecule has 25 heavy (non-hydrogen) atoms. The molecule has 1 unspecified atom stereocenters. The van der Waals surface area contributed by atoms with E-state index in [1.165, 1.54) is 0 Å². The minimum absolute atomic E-state index is 0.162. The average Bonchev–Trinajstić information content (AvgIpc) is 3.41. The van der Waals surface area contributed by atoms with Crippen LogP contribution in [0.25, 0.3) is 11.6 Å². The van der Waals surface area contributed by atoms with E-state index in [-0.39, 0.29) is 5.91 Å². The SMILES string of the molecule is O=C(CCc1nc(-c2ccco2)no1)N1CCC(N2CCNCC2)C1. The number of carbonyl (C=O) groups is 1. The standard InChI is InChI=1S/C17H23N5O3/c23-16(22-8-5-13(12-22)21-9-6-18-7-10-21)4-3-15-19-17(20-25-15)14-2-1-11-24-14/h1-2,11,13,18H,3-10,12H2. The number of hydrogen-bond donors (Lipinski definition) is 1. The van der Waals surface area contributed by atoms with Crippen LogP contribution in [0.2, 0.25) is 0 Å². The zero-order chi connectivity index (χ0) is 17.1. The lowest BCUT2D eigenvalue weighted by Crippen LogP contribution is -2.49. The van der Waals surface area contributed by atoms with Crippen molar-refractivity contribution in [2.45, 2.75) is 25.3 Å². The number of likely N-dealkylation sites (tertiary alicyclic amines) is 1. The Bertz CT molecular complexity index is 693. The van der Waals surface area contributed by atoms with Crippen molar-refractivity contribution in [2.75, 3.05) is 39.3 Å². The quantitative estimate of drug-likeness (QED) is 0.856. The van der Waals surface area contributed by atoms with Crippen molar-refractivity contribution in [3.8, 4) is 11.6 Å². The maximum absolute atomic E-state index is 12.5. The van der Waals surface area contributed by atoms with E-state index in [0.717, 1.165) is 45.7 Å². The molecule has 8 nitrogen and oxygen atoms in total. The van der Waals surface area contributed by atoms with Gasteiger partial charge in [0.15, 0.2) is 5.76 Å². The van der Waals surface area contributed by atoms with Crippen molar-refractivity contribution in [1.82, 2.24) is 25.3 Å². The summed E-state index contributed by atoms with van der Waals surface area (Å²) in [6.45, 7) is 5.91. The molecule has 134 valence electrons. The van der Waals surface area contributed by atoms with E-state index in [4.69, 9.17) is 8.94 Å². The number of carbonyl (C=O) groups excluding carboxylic acids is 1. The molecule has 1 amide bonds. The zero-order valence-corrected chi connectivity index (χ0v) is 14.2. The first kappa shape index (κ1) is 16.3. The Morgan fingerprint density at radius 3 is 3.00 bits per heavy atom. The molecule has 2 aliphatic heterocycles. The molecule has 2 saturated heterocycles. The molecule has 0 radical (unpaired) electrons. The van der Waals surface area contributed by atoms with Gasteiger partial charge in [-0.25, -0.2) is 0 Å². The number of furan rings is 1. The van der Waals surface area contributed by atoms with Crippen molar-refractivity contribution >= 4 is 5.91 Å². The summed E-state index contributed by atoms with van der Waals surface area (Å²) in [4.78, 5) is 21.2. The number of piperazine rings is 1. The van der Waals surface area contributed by atoms with Crippen LogP contribution in [0.1, 0.15) is 18.7 Å². The van der Waals surface area contributed by atoms with Gasteiger partial charge in [0, 0.05) is 58.2 Å². The van der Waals surface area contributed by atoms with Gasteiger partial charge < -0.3 is 19.2 Å². The summed E-state index contributed by atoms with van der Waals surface area (Å²) >= 11 is 0. The summed E-state index contributed by atoms with van der Waals surface area (Å²) in [5, 5.41) is 7.26. The molecule has 0 spiro atoms. The summed E-state index contributed by atoms with van der Waals surface area (Å²) < 4.78 is 10.5. The van der Waals surface area contributed by atoms with Gasteiger partial charge in [-0.1, -0.05) is 5.16 Å². The summed E-state index contributed by atoms with van der Waals surface area (Å²) in [5.41, 5.74) is 0. The van der Waals surface area contributed by atoms with Gasteiger partial charge >= 0.3 is 0 Å². The lowest BCUT2D eigenvalue weighted by molar-refractivity contribution is -0.130. The van der Waals surface area contributed by atoms with Crippen molar-refractivity contribution in [1.29, 1.82) is 0 Å². The summed E-state index contributed by atoms with van der Waals surface area (Å²) in [5.74, 6) is 1.63. The second kappa shape index (κ2) is 7.37. The molecule has 1 N–H and O–H groups in total. The fraction of sp³-hybridized carbons (Fsp3) is 0.588. The molecule has 0 bridgehead atoms. The summed E-state index contributed by atoms with van der Waals surface area (Å²) in [6.07, 6.45) is 3.49. The molecule has 4 heterocycles. The largest absolute Gasteiger partial charge is 0.461 e. The van der Waals surface area contributed by atoms with E-state index < -0.39 is 0 Å². The van der Waals surface area contributed by atoms with Crippen LogP contribution in [0, 0.1) is 0 Å². The minimum atomic E-state index is 0.162. The predicted octanol–water partition coefficient (Wildman–Crippen LogP) is 0.768. The Morgan fingerprint density at radius 1 is 1.32 bits per heavy atom. The summed E-state index contributed by atoms with van der Waals surface area (Å²) in [7, 11) is 0. The van der Waals surface area contributed by atoms with Crippen LogP contribution < -0.4 is 5.32 Å². The van der Waals surface area contributed by atoms with E-state index in [2.05, 4.69) is 20.4 Å². The van der Waals surface area contributed by atoms with Crippen LogP contribution >= 0.6 is 0 Å². The number of nitrogens with one attached hydrogen (secondary N) is 1. The molecule has 2 aromatic heterocycles. The van der Waals surface area contributed by atoms with Crippen molar-refractivity contribution in [3.63, 3.8) is 0 Å². The normalized spacial score (nSPS) is 21.8. The van der Waals surface area contributed by atoms with E-state index in [1.807, 2.05) is 4.90 Å². The van der Waals surface area contributed by atoms with E-state index in [9.17, 15) is 4.79 Å². The molecule has 4 rings (SSSR count). The Labute approximate surface area is 146 Å². The van der Waals surface area contributed by atoms with E-state index in [1.54, 1.807) is 18.4 Å². The molecule has 0 aliphatic carbocycles. The third-order valence-electron chi connectivity index (χ3n) is 4.95. The van der Waals surface area contributed by atoms with Gasteiger partial charge in [-0.2, -0.15) is 4.98 Å². The second-order valence-corrected chi connectivity index (χ2v) is 6.56. The number of amides is 1. The Hall–Kier alpha value is -2.19. The molecule has 2 fully saturated rings. The van der Waals surface area contributed by atoms with Crippen molar-refractivity contribution in [2.24, 2.45) is 0 Å². The first-order chi connectivity index (χ1) is 12.3. The Morgan fingerprint density at radius 2 is 2.20 bits per heavy atom. The molecule has 0 aromatic carbocycles. The van der Waals surface area contributed by atoms with E-state index in [0.29, 0.717) is 36.4 Å². The average molecular weight is 345 g/mol. The van der Waals surface area contributed by atoms with Gasteiger partial charge in [-0.3, -0.25) is 9.69 Å². The fourth-order valence-electron chi connectivity index (χ4n) is 3.55. The first-order valence-electron chi connectivity index (χ1n) is 8.88. The molecule has 2 aromatic rings. The summed E-state index contributed by atoms with van der Waals surface area (Å²) in [6, 6.07) is 4.05. The lowest BCUT2D eigenvalue weighted by Gasteiger charge is -2.32. The maximum atomic E-state index is 12.5. The molecular formula is C17H23N5O3. The monoisotopic (exact) mass is 345 g/mol. The highest BCUT2D eigenvalue weighted by Crippen LogP contribution is 2.19. The van der Waals surface area contributed by atoms with Crippen LogP contribution in [0.4, 0.5) is 0 Å². The van der Waals surface area contributed by atoms with Gasteiger partial charge in [-0.15, -0.1) is 0 Å². The Kier molecular flexibility index (Phi) is 4.80. The molecule has 2 aliphatic rings. The van der Waals surface area contributed by atoms with Gasteiger partial charge in [0.1, 0.15) is 0 Å². The zero-order valence-electron chi connectivity index (χ0n) is 14.2. The third kappa shape index (κ3) is 3.74. The van der Waals surface area contributed by atoms with Gasteiger partial charge in [0.2, 0.25) is 17.6 Å². The highest BCUT2D eigenvalue weighted by Gasteiger charge is 2.30. The van der Waals surface area contributed by atoms with Crippen molar-refractivity contribution in [3.05, 3.63) is 24.3 Å². The topological polar surface area (TPSA) is 87.6 Å². The predicted molar refractivity (Wildman–Crippen MR) is 89.7 cm³/mol. The third-order valence-corrected chi connectivity index (χ3v) is 4.95. The maximum Gasteiger partial charge on any atom is 0.238 e. The molecule has 1 atom stereocenters. The Balaban J connectivity index is 1.26. The van der Waals surface area contributed by atoms with Gasteiger partial charge in [0.05, 0.1) is 6.26 Å². The fourth-order valence-corrected chi connectivity index (χ4v) is 3.55. The lowest BCUT2D eigenvalue weighted by atomic mass is 10.2. The highest BCUT2D eigenvalue weighted by atomic mass is 16.5. The van der Waals surface area contributed by atoms with Gasteiger partial charge in [0.25, 0.3) is 0 Å².